The number of rotatable bonds is 6. The summed E-state index contributed by atoms with van der Waals surface area (Å²) in [4.78, 5) is 11.6. The molecule has 0 aliphatic carbocycles. The summed E-state index contributed by atoms with van der Waals surface area (Å²) in [6, 6.07) is 7.57. The molecule has 0 saturated heterocycles. The van der Waals surface area contributed by atoms with Gasteiger partial charge >= 0.3 is 0 Å². The van der Waals surface area contributed by atoms with Gasteiger partial charge in [-0.1, -0.05) is 32.4 Å². The molecule has 94 valence electrons. The second-order valence-electron chi connectivity index (χ2n) is 4.30. The van der Waals surface area contributed by atoms with Gasteiger partial charge in [-0.25, -0.2) is 0 Å². The Kier molecular flexibility index (Phi) is 5.70. The summed E-state index contributed by atoms with van der Waals surface area (Å²) in [7, 11) is 0. The minimum absolute atomic E-state index is 0.117. The predicted molar refractivity (Wildman–Crippen MR) is 72.0 cm³/mol. The lowest BCUT2D eigenvalue weighted by atomic mass is 10.1. The zero-order valence-corrected chi connectivity index (χ0v) is 10.7. The van der Waals surface area contributed by atoms with Crippen LogP contribution in [-0.2, 0) is 11.2 Å². The molecule has 0 heterocycles. The molecule has 3 N–H and O–H groups in total. The molecule has 0 aliphatic rings. The number of unbranched alkanes of at least 4 members (excludes halogenated alkanes) is 1. The van der Waals surface area contributed by atoms with Crippen molar-refractivity contribution in [1.82, 2.24) is 0 Å². The monoisotopic (exact) mass is 234 g/mol. The molecule has 1 amide bonds. The number of benzene rings is 1. The number of nitrogens with one attached hydrogen (secondary N) is 1. The van der Waals surface area contributed by atoms with Crippen LogP contribution < -0.4 is 11.1 Å². The molecule has 1 rings (SSSR count). The molecule has 1 atom stereocenters. The van der Waals surface area contributed by atoms with Crippen molar-refractivity contribution in [2.45, 2.75) is 45.6 Å². The van der Waals surface area contributed by atoms with E-state index in [1.807, 2.05) is 19.1 Å². The second-order valence-corrected chi connectivity index (χ2v) is 4.30. The molecule has 0 bridgehead atoms. The third kappa shape index (κ3) is 4.57. The molecule has 0 spiro atoms. The van der Waals surface area contributed by atoms with Gasteiger partial charge in [-0.3, -0.25) is 4.79 Å². The molecule has 0 fully saturated rings. The van der Waals surface area contributed by atoms with E-state index in [0.717, 1.165) is 12.1 Å². The fourth-order valence-corrected chi connectivity index (χ4v) is 1.56. The number of anilines is 1. The van der Waals surface area contributed by atoms with Crippen molar-refractivity contribution in [1.29, 1.82) is 0 Å². The molecule has 0 aliphatic heterocycles. The van der Waals surface area contributed by atoms with Crippen LogP contribution in [0, 0.1) is 0 Å². The number of hydrogen-bond acceptors (Lipinski definition) is 2. The van der Waals surface area contributed by atoms with E-state index in [1.165, 1.54) is 18.4 Å². The highest BCUT2D eigenvalue weighted by atomic mass is 16.2. The fraction of sp³-hybridized carbons (Fsp3) is 0.500. The van der Waals surface area contributed by atoms with E-state index in [1.54, 1.807) is 0 Å². The van der Waals surface area contributed by atoms with Gasteiger partial charge in [-0.2, -0.15) is 0 Å². The summed E-state index contributed by atoms with van der Waals surface area (Å²) in [6.45, 7) is 4.08. The van der Waals surface area contributed by atoms with E-state index in [0.29, 0.717) is 6.42 Å². The number of amides is 1. The summed E-state index contributed by atoms with van der Waals surface area (Å²) in [5.41, 5.74) is 7.78. The van der Waals surface area contributed by atoms with Gasteiger partial charge in [0.15, 0.2) is 0 Å². The summed E-state index contributed by atoms with van der Waals surface area (Å²) in [5.74, 6) is -0.117. The van der Waals surface area contributed by atoms with Gasteiger partial charge in [-0.05, 0) is 37.0 Å². The average Bonchev–Trinajstić information content (AvgIpc) is 2.37. The molecule has 0 saturated carbocycles. The average molecular weight is 234 g/mol. The first-order valence-corrected chi connectivity index (χ1v) is 6.32. The van der Waals surface area contributed by atoms with Gasteiger partial charge < -0.3 is 11.1 Å². The second kappa shape index (κ2) is 7.07. The highest BCUT2D eigenvalue weighted by Gasteiger charge is 2.10. The maximum atomic E-state index is 11.6. The normalized spacial score (nSPS) is 12.2. The molecule has 17 heavy (non-hydrogen) atoms. The predicted octanol–water partition coefficient (Wildman–Crippen LogP) is 2.71. The molecule has 1 aromatic rings. The lowest BCUT2D eigenvalue weighted by Gasteiger charge is -2.10. The van der Waals surface area contributed by atoms with E-state index in [-0.39, 0.29) is 5.91 Å². The molecular weight excluding hydrogens is 212 g/mol. The van der Waals surface area contributed by atoms with Crippen LogP contribution >= 0.6 is 0 Å². The van der Waals surface area contributed by atoms with E-state index in [4.69, 9.17) is 5.73 Å². The molecular formula is C14H22N2O. The van der Waals surface area contributed by atoms with Gasteiger partial charge in [0.25, 0.3) is 0 Å². The lowest BCUT2D eigenvalue weighted by Crippen LogP contribution is -2.34. The van der Waals surface area contributed by atoms with Crippen LogP contribution in [0.2, 0.25) is 0 Å². The van der Waals surface area contributed by atoms with Crippen LogP contribution in [0.25, 0.3) is 0 Å². The van der Waals surface area contributed by atoms with Gasteiger partial charge in [-0.15, -0.1) is 0 Å². The Bertz CT molecular complexity index is 346. The summed E-state index contributed by atoms with van der Waals surface area (Å²) in [5, 5.41) is 2.81. The van der Waals surface area contributed by atoms with Crippen molar-refractivity contribution in [3.8, 4) is 0 Å². The third-order valence-corrected chi connectivity index (χ3v) is 2.82. The summed E-state index contributed by atoms with van der Waals surface area (Å²) >= 11 is 0. The van der Waals surface area contributed by atoms with E-state index in [2.05, 4.69) is 24.4 Å². The number of nitrogens with two attached hydrogens (primary N) is 1. The highest BCUT2D eigenvalue weighted by molar-refractivity contribution is 5.94. The Morgan fingerprint density at radius 3 is 2.47 bits per heavy atom. The van der Waals surface area contributed by atoms with Crippen LogP contribution in [0.5, 0.6) is 0 Å². The van der Waals surface area contributed by atoms with E-state index in [9.17, 15) is 4.79 Å². The van der Waals surface area contributed by atoms with Crippen molar-refractivity contribution < 1.29 is 4.79 Å². The van der Waals surface area contributed by atoms with Crippen LogP contribution in [0.1, 0.15) is 38.7 Å². The first-order chi connectivity index (χ1) is 8.17. The number of carbonyl (C=O) groups is 1. The van der Waals surface area contributed by atoms with Crippen molar-refractivity contribution in [2.75, 3.05) is 5.32 Å². The van der Waals surface area contributed by atoms with Gasteiger partial charge in [0, 0.05) is 5.69 Å². The Balaban J connectivity index is 2.53. The lowest BCUT2D eigenvalue weighted by molar-refractivity contribution is -0.117. The molecule has 0 unspecified atom stereocenters. The Hall–Kier alpha value is -1.35. The summed E-state index contributed by atoms with van der Waals surface area (Å²) in [6.07, 6.45) is 4.15. The van der Waals surface area contributed by atoms with Crippen molar-refractivity contribution in [3.05, 3.63) is 29.8 Å². The SMILES string of the molecule is CCCCc1ccc(NC(=O)[C@@H](N)CC)cc1. The quantitative estimate of drug-likeness (QED) is 0.795. The Morgan fingerprint density at radius 2 is 1.94 bits per heavy atom. The van der Waals surface area contributed by atoms with Gasteiger partial charge in [0.05, 0.1) is 6.04 Å². The standard InChI is InChI=1S/C14H22N2O/c1-3-5-6-11-7-9-12(10-8-11)16-14(17)13(15)4-2/h7-10,13H,3-6,15H2,1-2H3,(H,16,17)/t13-/m0/s1. The topological polar surface area (TPSA) is 55.1 Å². The maximum Gasteiger partial charge on any atom is 0.241 e. The van der Waals surface area contributed by atoms with Crippen LogP contribution in [-0.4, -0.2) is 11.9 Å². The zero-order chi connectivity index (χ0) is 12.7. The minimum Gasteiger partial charge on any atom is -0.325 e. The Morgan fingerprint density at radius 1 is 1.29 bits per heavy atom. The third-order valence-electron chi connectivity index (χ3n) is 2.82. The number of hydrogen-bond donors (Lipinski definition) is 2. The summed E-state index contributed by atoms with van der Waals surface area (Å²) < 4.78 is 0. The largest absolute Gasteiger partial charge is 0.325 e. The van der Waals surface area contributed by atoms with Crippen LogP contribution in [0.4, 0.5) is 5.69 Å². The Labute approximate surface area is 103 Å². The van der Waals surface area contributed by atoms with Gasteiger partial charge in [0.1, 0.15) is 0 Å². The first-order valence-electron chi connectivity index (χ1n) is 6.32. The van der Waals surface area contributed by atoms with Crippen LogP contribution in [0.15, 0.2) is 24.3 Å². The molecule has 0 radical (unpaired) electrons. The highest BCUT2D eigenvalue weighted by Crippen LogP contribution is 2.12. The smallest absolute Gasteiger partial charge is 0.241 e. The van der Waals surface area contributed by atoms with E-state index < -0.39 is 6.04 Å². The number of aryl methyl sites for hydroxylation is 1. The van der Waals surface area contributed by atoms with Crippen molar-refractivity contribution in [3.63, 3.8) is 0 Å². The van der Waals surface area contributed by atoms with Gasteiger partial charge in [0.2, 0.25) is 5.91 Å². The molecule has 0 aromatic heterocycles. The zero-order valence-electron chi connectivity index (χ0n) is 10.7. The first kappa shape index (κ1) is 13.7. The molecule has 3 nitrogen and oxygen atoms in total. The fourth-order valence-electron chi connectivity index (χ4n) is 1.56. The van der Waals surface area contributed by atoms with Crippen molar-refractivity contribution >= 4 is 11.6 Å². The van der Waals surface area contributed by atoms with Crippen molar-refractivity contribution in [2.24, 2.45) is 5.73 Å². The maximum absolute atomic E-state index is 11.6. The van der Waals surface area contributed by atoms with Crippen LogP contribution in [0.3, 0.4) is 0 Å². The number of carbonyl (C=O) groups excluding carboxylic acids is 1. The molecule has 3 heteroatoms. The minimum atomic E-state index is -0.422. The molecule has 1 aromatic carbocycles. The van der Waals surface area contributed by atoms with E-state index >= 15 is 0 Å².